The molecule has 1 heterocycles. The topological polar surface area (TPSA) is 41.6 Å². The SMILES string of the molecule is COCc1cccc(C(=O)NCc2ccc(CN3CCCCCC3)cc2)c1. The third kappa shape index (κ3) is 6.19. The molecule has 2 aromatic rings. The molecule has 0 radical (unpaired) electrons. The number of hydrogen-bond donors (Lipinski definition) is 1. The third-order valence-corrected chi connectivity index (χ3v) is 5.08. The number of carbonyl (C=O) groups is 1. The van der Waals surface area contributed by atoms with Crippen molar-refractivity contribution in [1.29, 1.82) is 0 Å². The van der Waals surface area contributed by atoms with Crippen LogP contribution in [0.4, 0.5) is 0 Å². The van der Waals surface area contributed by atoms with E-state index in [-0.39, 0.29) is 5.91 Å². The molecule has 144 valence electrons. The van der Waals surface area contributed by atoms with Gasteiger partial charge in [-0.3, -0.25) is 9.69 Å². The van der Waals surface area contributed by atoms with Gasteiger partial charge in [0, 0.05) is 25.8 Å². The summed E-state index contributed by atoms with van der Waals surface area (Å²) in [5, 5.41) is 3.00. The summed E-state index contributed by atoms with van der Waals surface area (Å²) < 4.78 is 5.13. The molecule has 4 heteroatoms. The fraction of sp³-hybridized carbons (Fsp3) is 0.435. The Kier molecular flexibility index (Phi) is 7.43. The van der Waals surface area contributed by atoms with Gasteiger partial charge in [0.2, 0.25) is 0 Å². The van der Waals surface area contributed by atoms with Crippen LogP contribution < -0.4 is 5.32 Å². The average molecular weight is 367 g/mol. The molecule has 1 aliphatic heterocycles. The first-order chi connectivity index (χ1) is 13.2. The molecule has 0 atom stereocenters. The molecule has 1 amide bonds. The first-order valence-electron chi connectivity index (χ1n) is 9.91. The summed E-state index contributed by atoms with van der Waals surface area (Å²) in [6.07, 6.45) is 5.36. The fourth-order valence-corrected chi connectivity index (χ4v) is 3.57. The second-order valence-electron chi connectivity index (χ2n) is 7.32. The van der Waals surface area contributed by atoms with E-state index in [4.69, 9.17) is 4.74 Å². The quantitative estimate of drug-likeness (QED) is 0.801. The summed E-state index contributed by atoms with van der Waals surface area (Å²) in [6, 6.07) is 16.2. The van der Waals surface area contributed by atoms with Gasteiger partial charge in [-0.25, -0.2) is 0 Å². The van der Waals surface area contributed by atoms with Crippen molar-refractivity contribution < 1.29 is 9.53 Å². The van der Waals surface area contributed by atoms with Gasteiger partial charge in [0.25, 0.3) is 5.91 Å². The highest BCUT2D eigenvalue weighted by Gasteiger charge is 2.10. The first kappa shape index (κ1) is 19.6. The van der Waals surface area contributed by atoms with E-state index in [9.17, 15) is 4.79 Å². The molecule has 0 unspecified atom stereocenters. The predicted octanol–water partition coefficient (Wildman–Crippen LogP) is 4.14. The summed E-state index contributed by atoms with van der Waals surface area (Å²) in [5.74, 6) is -0.0541. The van der Waals surface area contributed by atoms with Crippen LogP contribution in [-0.2, 0) is 24.4 Å². The largest absolute Gasteiger partial charge is 0.380 e. The van der Waals surface area contributed by atoms with Crippen LogP contribution in [0, 0.1) is 0 Å². The van der Waals surface area contributed by atoms with Gasteiger partial charge in [-0.05, 0) is 54.8 Å². The summed E-state index contributed by atoms with van der Waals surface area (Å²) in [7, 11) is 1.66. The number of nitrogens with one attached hydrogen (secondary N) is 1. The summed E-state index contributed by atoms with van der Waals surface area (Å²) >= 11 is 0. The van der Waals surface area contributed by atoms with Gasteiger partial charge >= 0.3 is 0 Å². The average Bonchev–Trinajstić information content (AvgIpc) is 2.96. The fourth-order valence-electron chi connectivity index (χ4n) is 3.57. The van der Waals surface area contributed by atoms with Crippen LogP contribution in [0.2, 0.25) is 0 Å². The summed E-state index contributed by atoms with van der Waals surface area (Å²) in [6.45, 7) is 4.50. The third-order valence-electron chi connectivity index (χ3n) is 5.08. The Morgan fingerprint density at radius 2 is 1.67 bits per heavy atom. The summed E-state index contributed by atoms with van der Waals surface area (Å²) in [4.78, 5) is 14.9. The molecule has 1 aliphatic rings. The Labute approximate surface area is 162 Å². The molecule has 1 fully saturated rings. The Hall–Kier alpha value is -2.17. The smallest absolute Gasteiger partial charge is 0.251 e. The minimum Gasteiger partial charge on any atom is -0.380 e. The number of hydrogen-bond acceptors (Lipinski definition) is 3. The Morgan fingerprint density at radius 1 is 0.963 bits per heavy atom. The van der Waals surface area contributed by atoms with Crippen molar-refractivity contribution in [3.63, 3.8) is 0 Å². The monoisotopic (exact) mass is 366 g/mol. The number of nitrogens with zero attached hydrogens (tertiary/aromatic N) is 1. The van der Waals surface area contributed by atoms with Crippen LogP contribution in [0.25, 0.3) is 0 Å². The van der Waals surface area contributed by atoms with Crippen LogP contribution in [0.5, 0.6) is 0 Å². The summed E-state index contributed by atoms with van der Waals surface area (Å²) in [5.41, 5.74) is 4.14. The zero-order valence-electron chi connectivity index (χ0n) is 16.2. The molecule has 1 saturated heterocycles. The molecule has 0 spiro atoms. The standard InChI is InChI=1S/C23H30N2O2/c1-27-18-21-7-6-8-22(15-21)23(26)24-16-19-9-11-20(12-10-19)17-25-13-4-2-3-5-14-25/h6-12,15H,2-5,13-14,16-18H2,1H3,(H,24,26). The Bertz CT molecular complexity index is 719. The number of amides is 1. The van der Waals surface area contributed by atoms with E-state index in [1.807, 2.05) is 24.3 Å². The number of rotatable bonds is 7. The van der Waals surface area contributed by atoms with Gasteiger partial charge in [-0.2, -0.15) is 0 Å². The minimum absolute atomic E-state index is 0.0541. The van der Waals surface area contributed by atoms with Crippen molar-refractivity contribution in [1.82, 2.24) is 10.2 Å². The molecule has 4 nitrogen and oxygen atoms in total. The highest BCUT2D eigenvalue weighted by molar-refractivity contribution is 5.94. The molecule has 0 bridgehead atoms. The van der Waals surface area contributed by atoms with Crippen molar-refractivity contribution in [2.75, 3.05) is 20.2 Å². The predicted molar refractivity (Wildman–Crippen MR) is 109 cm³/mol. The molecule has 0 aromatic heterocycles. The number of benzene rings is 2. The maximum atomic E-state index is 12.4. The van der Waals surface area contributed by atoms with E-state index < -0.39 is 0 Å². The van der Waals surface area contributed by atoms with Crippen LogP contribution in [0.3, 0.4) is 0 Å². The van der Waals surface area contributed by atoms with E-state index in [0.717, 1.165) is 17.7 Å². The van der Waals surface area contributed by atoms with Crippen LogP contribution in [0.15, 0.2) is 48.5 Å². The van der Waals surface area contributed by atoms with E-state index in [2.05, 4.69) is 34.5 Å². The molecular weight excluding hydrogens is 336 g/mol. The molecule has 2 aromatic carbocycles. The van der Waals surface area contributed by atoms with E-state index in [0.29, 0.717) is 18.7 Å². The normalized spacial score (nSPS) is 15.3. The lowest BCUT2D eigenvalue weighted by atomic mass is 10.1. The van der Waals surface area contributed by atoms with Crippen LogP contribution >= 0.6 is 0 Å². The lowest BCUT2D eigenvalue weighted by Crippen LogP contribution is -2.24. The van der Waals surface area contributed by atoms with Crippen molar-refractivity contribution in [2.45, 2.75) is 45.4 Å². The second-order valence-corrected chi connectivity index (χ2v) is 7.32. The highest BCUT2D eigenvalue weighted by Crippen LogP contribution is 2.14. The van der Waals surface area contributed by atoms with Gasteiger partial charge in [-0.1, -0.05) is 49.2 Å². The number of ether oxygens (including phenoxy) is 1. The van der Waals surface area contributed by atoms with Gasteiger partial charge in [0.15, 0.2) is 0 Å². The maximum Gasteiger partial charge on any atom is 0.251 e. The number of likely N-dealkylation sites (tertiary alicyclic amines) is 1. The zero-order chi connectivity index (χ0) is 18.9. The van der Waals surface area contributed by atoms with Gasteiger partial charge < -0.3 is 10.1 Å². The van der Waals surface area contributed by atoms with Gasteiger partial charge in [0.05, 0.1) is 6.61 Å². The van der Waals surface area contributed by atoms with Crippen molar-refractivity contribution >= 4 is 5.91 Å². The van der Waals surface area contributed by atoms with Gasteiger partial charge in [-0.15, -0.1) is 0 Å². The lowest BCUT2D eigenvalue weighted by molar-refractivity contribution is 0.0950. The number of methoxy groups -OCH3 is 1. The second kappa shape index (κ2) is 10.2. The molecule has 0 aliphatic carbocycles. The van der Waals surface area contributed by atoms with Crippen LogP contribution in [-0.4, -0.2) is 31.0 Å². The lowest BCUT2D eigenvalue weighted by Gasteiger charge is -2.19. The number of carbonyl (C=O) groups excluding carboxylic acids is 1. The first-order valence-corrected chi connectivity index (χ1v) is 9.91. The van der Waals surface area contributed by atoms with Crippen molar-refractivity contribution in [2.24, 2.45) is 0 Å². The van der Waals surface area contributed by atoms with Crippen molar-refractivity contribution in [3.8, 4) is 0 Å². The van der Waals surface area contributed by atoms with Crippen molar-refractivity contribution in [3.05, 3.63) is 70.8 Å². The molecular formula is C23H30N2O2. The van der Waals surface area contributed by atoms with Gasteiger partial charge in [0.1, 0.15) is 0 Å². The Morgan fingerprint density at radius 3 is 2.37 bits per heavy atom. The van der Waals surface area contributed by atoms with Crippen LogP contribution in [0.1, 0.15) is 52.7 Å². The molecule has 1 N–H and O–H groups in total. The maximum absolute atomic E-state index is 12.4. The molecule has 3 rings (SSSR count). The zero-order valence-corrected chi connectivity index (χ0v) is 16.2. The Balaban J connectivity index is 1.50. The van der Waals surface area contributed by atoms with E-state index >= 15 is 0 Å². The van der Waals surface area contributed by atoms with E-state index in [1.54, 1.807) is 7.11 Å². The van der Waals surface area contributed by atoms with E-state index in [1.165, 1.54) is 44.3 Å². The molecule has 27 heavy (non-hydrogen) atoms. The highest BCUT2D eigenvalue weighted by atomic mass is 16.5. The molecule has 0 saturated carbocycles. The minimum atomic E-state index is -0.0541.